The number of amides is 1. The number of nitrogens with zero attached hydrogens (tertiary/aromatic N) is 2. The third kappa shape index (κ3) is 3.85. The molecular weight excluding hydrogens is 310 g/mol. The number of hydrogen-bond donors (Lipinski definition) is 1. The van der Waals surface area contributed by atoms with Gasteiger partial charge in [-0.25, -0.2) is 4.98 Å². The lowest BCUT2D eigenvalue weighted by Gasteiger charge is -2.31. The van der Waals surface area contributed by atoms with Gasteiger partial charge in [-0.1, -0.05) is 0 Å². The third-order valence-electron chi connectivity index (χ3n) is 3.21. The van der Waals surface area contributed by atoms with Gasteiger partial charge in [-0.2, -0.15) is 0 Å². The molecule has 6 nitrogen and oxygen atoms in total. The highest BCUT2D eigenvalue weighted by atomic mass is 32.1. The normalized spacial score (nSPS) is 22.1. The fourth-order valence-electron chi connectivity index (χ4n) is 2.11. The van der Waals surface area contributed by atoms with Gasteiger partial charge >= 0.3 is 0 Å². The Morgan fingerprint density at radius 2 is 2.48 bits per heavy atom. The first-order valence-electron chi connectivity index (χ1n) is 6.58. The molecular formula is C13H15N3O3S2. The molecule has 3 rings (SSSR count). The van der Waals surface area contributed by atoms with Gasteiger partial charge in [0.15, 0.2) is 0 Å². The van der Waals surface area contributed by atoms with Gasteiger partial charge in [0.2, 0.25) is 0 Å². The van der Waals surface area contributed by atoms with Crippen molar-refractivity contribution in [2.75, 3.05) is 13.2 Å². The molecule has 2 aromatic heterocycles. The summed E-state index contributed by atoms with van der Waals surface area (Å²) in [6.45, 7) is 1.55. The lowest BCUT2D eigenvalue weighted by Crippen LogP contribution is -2.49. The van der Waals surface area contributed by atoms with Crippen molar-refractivity contribution in [3.05, 3.63) is 33.2 Å². The van der Waals surface area contributed by atoms with Gasteiger partial charge in [-0.15, -0.1) is 22.7 Å². The summed E-state index contributed by atoms with van der Waals surface area (Å²) in [5, 5.41) is 4.96. The van der Waals surface area contributed by atoms with E-state index in [2.05, 4.69) is 15.3 Å². The lowest BCUT2D eigenvalue weighted by atomic mass is 10.1. The fraction of sp³-hybridized carbons (Fsp3) is 0.462. The monoisotopic (exact) mass is 325 g/mol. The Bertz CT molecular complexity index is 559. The van der Waals surface area contributed by atoms with E-state index >= 15 is 0 Å². The SMILES string of the molecule is O=C(NC1CCOCC1OCc1cscn1)c1cncs1. The minimum absolute atomic E-state index is 0.0491. The maximum absolute atomic E-state index is 12.1. The molecule has 2 aromatic rings. The number of hydrogen-bond acceptors (Lipinski definition) is 7. The molecule has 0 aliphatic carbocycles. The summed E-state index contributed by atoms with van der Waals surface area (Å²) in [5.41, 5.74) is 4.33. The Balaban J connectivity index is 1.57. The van der Waals surface area contributed by atoms with Gasteiger partial charge in [-0.3, -0.25) is 9.78 Å². The van der Waals surface area contributed by atoms with Gasteiger partial charge < -0.3 is 14.8 Å². The van der Waals surface area contributed by atoms with Crippen molar-refractivity contribution in [1.29, 1.82) is 0 Å². The molecule has 0 saturated carbocycles. The summed E-state index contributed by atoms with van der Waals surface area (Å²) in [6.07, 6.45) is 2.16. The van der Waals surface area contributed by atoms with Crippen molar-refractivity contribution in [2.24, 2.45) is 0 Å². The molecule has 0 bridgehead atoms. The first-order valence-corrected chi connectivity index (χ1v) is 8.41. The van der Waals surface area contributed by atoms with Crippen LogP contribution in [-0.2, 0) is 16.1 Å². The van der Waals surface area contributed by atoms with Crippen molar-refractivity contribution >= 4 is 28.6 Å². The second-order valence-corrected chi connectivity index (χ2v) is 6.24. The molecule has 0 radical (unpaired) electrons. The molecule has 1 fully saturated rings. The maximum atomic E-state index is 12.1. The van der Waals surface area contributed by atoms with Crippen molar-refractivity contribution in [2.45, 2.75) is 25.2 Å². The van der Waals surface area contributed by atoms with E-state index in [9.17, 15) is 4.79 Å². The lowest BCUT2D eigenvalue weighted by molar-refractivity contribution is -0.0742. The van der Waals surface area contributed by atoms with Crippen LogP contribution in [0.2, 0.25) is 0 Å². The van der Waals surface area contributed by atoms with Crippen molar-refractivity contribution in [3.63, 3.8) is 0 Å². The van der Waals surface area contributed by atoms with E-state index in [1.165, 1.54) is 22.7 Å². The van der Waals surface area contributed by atoms with Crippen LogP contribution in [0.4, 0.5) is 0 Å². The second kappa shape index (κ2) is 7.08. The molecule has 0 aromatic carbocycles. The van der Waals surface area contributed by atoms with E-state index in [-0.39, 0.29) is 18.1 Å². The smallest absolute Gasteiger partial charge is 0.263 e. The summed E-state index contributed by atoms with van der Waals surface area (Å²) in [6, 6.07) is -0.0491. The molecule has 21 heavy (non-hydrogen) atoms. The molecule has 1 saturated heterocycles. The average Bonchev–Trinajstić information content (AvgIpc) is 3.20. The summed E-state index contributed by atoms with van der Waals surface area (Å²) in [4.78, 5) is 20.8. The number of carbonyl (C=O) groups is 1. The molecule has 1 amide bonds. The predicted octanol–water partition coefficient (Wildman–Crippen LogP) is 1.70. The minimum atomic E-state index is -0.155. The van der Waals surface area contributed by atoms with Crippen molar-refractivity contribution in [1.82, 2.24) is 15.3 Å². The van der Waals surface area contributed by atoms with E-state index < -0.39 is 0 Å². The summed E-state index contributed by atoms with van der Waals surface area (Å²) < 4.78 is 11.3. The Hall–Kier alpha value is -1.35. The zero-order chi connectivity index (χ0) is 14.5. The number of thiazole rings is 2. The minimum Gasteiger partial charge on any atom is -0.379 e. The highest BCUT2D eigenvalue weighted by molar-refractivity contribution is 7.11. The van der Waals surface area contributed by atoms with Crippen LogP contribution in [0, 0.1) is 0 Å². The topological polar surface area (TPSA) is 73.3 Å². The van der Waals surface area contributed by atoms with Crippen LogP contribution in [0.3, 0.4) is 0 Å². The first kappa shape index (κ1) is 14.6. The van der Waals surface area contributed by atoms with Gasteiger partial charge in [0.1, 0.15) is 11.0 Å². The quantitative estimate of drug-likeness (QED) is 0.906. The van der Waals surface area contributed by atoms with Crippen LogP contribution in [0.1, 0.15) is 21.8 Å². The van der Waals surface area contributed by atoms with E-state index in [4.69, 9.17) is 9.47 Å². The van der Waals surface area contributed by atoms with Crippen LogP contribution < -0.4 is 5.32 Å². The average molecular weight is 325 g/mol. The van der Waals surface area contributed by atoms with Gasteiger partial charge in [0.05, 0.1) is 42.2 Å². The van der Waals surface area contributed by atoms with Crippen LogP contribution in [-0.4, -0.2) is 41.2 Å². The van der Waals surface area contributed by atoms with Crippen LogP contribution in [0.25, 0.3) is 0 Å². The Kier molecular flexibility index (Phi) is 4.91. The van der Waals surface area contributed by atoms with Gasteiger partial charge in [0.25, 0.3) is 5.91 Å². The molecule has 1 N–H and O–H groups in total. The fourth-order valence-corrected chi connectivity index (χ4v) is 3.18. The molecule has 0 spiro atoms. The van der Waals surface area contributed by atoms with Gasteiger partial charge in [-0.05, 0) is 6.42 Å². The highest BCUT2D eigenvalue weighted by Crippen LogP contribution is 2.15. The Labute approximate surface area is 130 Å². The first-order chi connectivity index (χ1) is 10.3. The zero-order valence-corrected chi connectivity index (χ0v) is 12.9. The van der Waals surface area contributed by atoms with E-state index in [0.717, 1.165) is 12.1 Å². The standard InChI is InChI=1S/C13H15N3O3S2/c17-13(12-3-14-7-21-12)16-10-1-2-18-5-11(10)19-4-9-6-20-8-15-9/h3,6-8,10-11H,1-2,4-5H2,(H,16,17). The predicted molar refractivity (Wildman–Crippen MR) is 79.5 cm³/mol. The number of aromatic nitrogens is 2. The van der Waals surface area contributed by atoms with E-state index in [0.29, 0.717) is 24.7 Å². The Morgan fingerprint density at radius 1 is 1.52 bits per heavy atom. The molecule has 112 valence electrons. The molecule has 3 heterocycles. The number of ether oxygens (including phenoxy) is 2. The Morgan fingerprint density at radius 3 is 3.24 bits per heavy atom. The highest BCUT2D eigenvalue weighted by Gasteiger charge is 2.28. The largest absolute Gasteiger partial charge is 0.379 e. The number of rotatable bonds is 5. The van der Waals surface area contributed by atoms with E-state index in [1.807, 2.05) is 5.38 Å². The zero-order valence-electron chi connectivity index (χ0n) is 11.2. The van der Waals surface area contributed by atoms with Crippen LogP contribution in [0.15, 0.2) is 22.6 Å². The molecule has 1 aliphatic rings. The summed E-state index contributed by atoms with van der Waals surface area (Å²) >= 11 is 2.87. The van der Waals surface area contributed by atoms with Crippen LogP contribution in [0.5, 0.6) is 0 Å². The summed E-state index contributed by atoms with van der Waals surface area (Å²) in [5.74, 6) is -0.105. The van der Waals surface area contributed by atoms with Crippen molar-refractivity contribution in [3.8, 4) is 0 Å². The van der Waals surface area contributed by atoms with Crippen LogP contribution >= 0.6 is 22.7 Å². The maximum Gasteiger partial charge on any atom is 0.263 e. The van der Waals surface area contributed by atoms with E-state index in [1.54, 1.807) is 17.2 Å². The summed E-state index contributed by atoms with van der Waals surface area (Å²) in [7, 11) is 0. The van der Waals surface area contributed by atoms with Gasteiger partial charge in [0, 0.05) is 12.0 Å². The second-order valence-electron chi connectivity index (χ2n) is 4.64. The molecule has 2 unspecified atom stereocenters. The number of carbonyl (C=O) groups excluding carboxylic acids is 1. The molecule has 1 aliphatic heterocycles. The molecule has 8 heteroatoms. The van der Waals surface area contributed by atoms with Crippen molar-refractivity contribution < 1.29 is 14.3 Å². The third-order valence-corrected chi connectivity index (χ3v) is 4.61. The number of nitrogens with one attached hydrogen (secondary N) is 1. The molecule has 2 atom stereocenters.